The largest absolute Gasteiger partial charge is 0.465 e. The second-order valence-corrected chi connectivity index (χ2v) is 14.5. The maximum absolute atomic E-state index is 14.2. The second-order valence-electron chi connectivity index (χ2n) is 12.9. The summed E-state index contributed by atoms with van der Waals surface area (Å²) in [5.74, 6) is -1.19. The molecule has 1 amide bonds. The van der Waals surface area contributed by atoms with E-state index in [1.54, 1.807) is 34.4 Å². The summed E-state index contributed by atoms with van der Waals surface area (Å²) in [5, 5.41) is 2.63. The third kappa shape index (κ3) is 6.16. The van der Waals surface area contributed by atoms with Gasteiger partial charge in [0.25, 0.3) is 5.91 Å². The number of thiazole rings is 1. The Bertz CT molecular complexity index is 2130. The minimum Gasteiger partial charge on any atom is -0.465 e. The number of carbonyl (C=O) groups excluding carboxylic acids is 3. The monoisotopic (exact) mass is 714 g/mol. The van der Waals surface area contributed by atoms with Crippen LogP contribution in [0.2, 0.25) is 0 Å². The summed E-state index contributed by atoms with van der Waals surface area (Å²) in [6.07, 6.45) is 5.13. The predicted octanol–water partition coefficient (Wildman–Crippen LogP) is 7.81. The van der Waals surface area contributed by atoms with Gasteiger partial charge in [-0.05, 0) is 68.5 Å². The molecule has 1 atom stereocenters. The van der Waals surface area contributed by atoms with Gasteiger partial charge in [0, 0.05) is 29.4 Å². The van der Waals surface area contributed by atoms with Crippen LogP contribution < -0.4 is 0 Å². The first-order chi connectivity index (χ1) is 24.2. The van der Waals surface area contributed by atoms with Crippen molar-refractivity contribution in [3.63, 3.8) is 0 Å². The van der Waals surface area contributed by atoms with Crippen molar-refractivity contribution in [3.05, 3.63) is 69.9 Å². The van der Waals surface area contributed by atoms with Gasteiger partial charge in [-0.15, -0.1) is 11.3 Å². The first kappa shape index (κ1) is 34.1. The number of aromatic nitrogens is 3. The standard InChI is InChI=1S/C38H39ClN4O6S/c1-21-34(50-22(2)40-21)29-13-11-24-18-27(28(38(46)48-4)20-30(24)41-29)33-32(23-8-6-5-7-9-23)26-12-10-25(37(45)47-3)19-31(26)43(33)35(39)36(44)42-14-16-49-17-15-42/h10-13,18-20,23,35H,5-9,14-17H2,1-4H3. The molecule has 0 spiro atoms. The number of benzene rings is 2. The molecule has 260 valence electrons. The summed E-state index contributed by atoms with van der Waals surface area (Å²) in [4.78, 5) is 53.0. The number of rotatable bonds is 7. The minimum absolute atomic E-state index is 0.132. The number of amides is 1. The highest BCUT2D eigenvalue weighted by molar-refractivity contribution is 7.15. The van der Waals surface area contributed by atoms with Crippen molar-refractivity contribution in [2.24, 2.45) is 0 Å². The minimum atomic E-state index is -1.19. The van der Waals surface area contributed by atoms with Crippen LogP contribution in [0.5, 0.6) is 0 Å². The van der Waals surface area contributed by atoms with Crippen molar-refractivity contribution in [1.82, 2.24) is 19.4 Å². The molecular formula is C38H39ClN4O6S. The lowest BCUT2D eigenvalue weighted by molar-refractivity contribution is -0.136. The topological polar surface area (TPSA) is 113 Å². The Labute approximate surface area is 299 Å². The molecule has 1 saturated heterocycles. The molecular weight excluding hydrogens is 676 g/mol. The van der Waals surface area contributed by atoms with Gasteiger partial charge < -0.3 is 23.7 Å². The number of pyridine rings is 1. The number of aryl methyl sites for hydroxylation is 2. The molecule has 4 heterocycles. The van der Waals surface area contributed by atoms with Gasteiger partial charge in [-0.25, -0.2) is 19.6 Å². The van der Waals surface area contributed by atoms with Gasteiger partial charge in [0.15, 0.2) is 5.50 Å². The summed E-state index contributed by atoms with van der Waals surface area (Å²) in [5.41, 5.74) is 4.61. The van der Waals surface area contributed by atoms with Crippen molar-refractivity contribution in [1.29, 1.82) is 0 Å². The number of ether oxygens (including phenoxy) is 3. The van der Waals surface area contributed by atoms with Crippen LogP contribution in [0.4, 0.5) is 0 Å². The van der Waals surface area contributed by atoms with Gasteiger partial charge in [-0.3, -0.25) is 4.79 Å². The lowest BCUT2D eigenvalue weighted by Crippen LogP contribution is -2.43. The highest BCUT2D eigenvalue weighted by Crippen LogP contribution is 2.48. The van der Waals surface area contributed by atoms with E-state index in [1.807, 2.05) is 42.7 Å². The third-order valence-electron chi connectivity index (χ3n) is 9.86. The van der Waals surface area contributed by atoms with Gasteiger partial charge in [0.2, 0.25) is 0 Å². The van der Waals surface area contributed by atoms with E-state index in [0.29, 0.717) is 59.7 Å². The number of carbonyl (C=O) groups is 3. The molecule has 12 heteroatoms. The normalized spacial score (nSPS) is 16.1. The van der Waals surface area contributed by atoms with E-state index >= 15 is 0 Å². The first-order valence-corrected chi connectivity index (χ1v) is 18.2. The first-order valence-electron chi connectivity index (χ1n) is 16.9. The number of halogens is 1. The van der Waals surface area contributed by atoms with E-state index in [1.165, 1.54) is 14.2 Å². The number of hydrogen-bond donors (Lipinski definition) is 0. The van der Waals surface area contributed by atoms with Crippen LogP contribution in [-0.2, 0) is 19.0 Å². The molecule has 3 aromatic heterocycles. The number of morpholine rings is 1. The molecule has 1 saturated carbocycles. The van der Waals surface area contributed by atoms with Crippen LogP contribution in [0, 0.1) is 13.8 Å². The SMILES string of the molecule is COC(=O)c1ccc2c(C3CCCCC3)c(-c3cc4ccc(-c5sc(C)nc5C)nc4cc3C(=O)OC)n(C(Cl)C(=O)N3CCOCC3)c2c1. The van der Waals surface area contributed by atoms with Crippen LogP contribution in [0.3, 0.4) is 0 Å². The average molecular weight is 715 g/mol. The van der Waals surface area contributed by atoms with Crippen LogP contribution in [-0.4, -0.2) is 77.8 Å². The highest BCUT2D eigenvalue weighted by Gasteiger charge is 2.35. The molecule has 0 bridgehead atoms. The zero-order valence-corrected chi connectivity index (χ0v) is 30.2. The van der Waals surface area contributed by atoms with Gasteiger partial charge >= 0.3 is 11.9 Å². The molecule has 0 N–H and O–H groups in total. The van der Waals surface area contributed by atoms with E-state index in [0.717, 1.165) is 69.7 Å². The van der Waals surface area contributed by atoms with Crippen LogP contribution in [0.1, 0.15) is 80.5 Å². The molecule has 2 fully saturated rings. The maximum atomic E-state index is 14.2. The molecule has 5 aromatic rings. The molecule has 1 unspecified atom stereocenters. The maximum Gasteiger partial charge on any atom is 0.338 e. The number of alkyl halides is 1. The Morgan fingerprint density at radius 1 is 0.940 bits per heavy atom. The Kier molecular flexibility index (Phi) is 9.65. The Balaban J connectivity index is 1.53. The predicted molar refractivity (Wildman–Crippen MR) is 194 cm³/mol. The zero-order valence-electron chi connectivity index (χ0n) is 28.6. The number of methoxy groups -OCH3 is 2. The molecule has 1 aliphatic heterocycles. The van der Waals surface area contributed by atoms with E-state index in [-0.39, 0.29) is 11.8 Å². The van der Waals surface area contributed by atoms with E-state index in [4.69, 9.17) is 30.8 Å². The molecule has 0 radical (unpaired) electrons. The van der Waals surface area contributed by atoms with Crippen LogP contribution >= 0.6 is 22.9 Å². The van der Waals surface area contributed by atoms with Crippen molar-refractivity contribution in [2.45, 2.75) is 57.4 Å². The van der Waals surface area contributed by atoms with Gasteiger partial charge in [-0.2, -0.15) is 0 Å². The summed E-state index contributed by atoms with van der Waals surface area (Å²) in [6, 6.07) is 13.1. The van der Waals surface area contributed by atoms with Gasteiger partial charge in [0.05, 0.1) is 76.6 Å². The average Bonchev–Trinajstić information content (AvgIpc) is 3.68. The Morgan fingerprint density at radius 2 is 1.68 bits per heavy atom. The van der Waals surface area contributed by atoms with Crippen molar-refractivity contribution < 1.29 is 28.6 Å². The number of fused-ring (bicyclic) bond motifs is 2. The molecule has 10 nitrogen and oxygen atoms in total. The lowest BCUT2D eigenvalue weighted by atomic mass is 9.81. The Morgan fingerprint density at radius 3 is 2.36 bits per heavy atom. The van der Waals surface area contributed by atoms with Crippen LogP contribution in [0.15, 0.2) is 42.5 Å². The molecule has 7 rings (SSSR count). The molecule has 1 aliphatic carbocycles. The van der Waals surface area contributed by atoms with E-state index < -0.39 is 17.4 Å². The van der Waals surface area contributed by atoms with E-state index in [9.17, 15) is 14.4 Å². The van der Waals surface area contributed by atoms with Crippen molar-refractivity contribution >= 4 is 62.6 Å². The third-order valence-corrected chi connectivity index (χ3v) is 11.3. The smallest absolute Gasteiger partial charge is 0.338 e. The highest BCUT2D eigenvalue weighted by atomic mass is 35.5. The number of hydrogen-bond acceptors (Lipinski definition) is 9. The van der Waals surface area contributed by atoms with Crippen LogP contribution in [0.25, 0.3) is 43.6 Å². The summed E-state index contributed by atoms with van der Waals surface area (Å²) in [7, 11) is 2.70. The molecule has 2 aromatic carbocycles. The fourth-order valence-corrected chi connectivity index (χ4v) is 8.71. The molecule has 50 heavy (non-hydrogen) atoms. The second kappa shape index (κ2) is 14.1. The Hall–Kier alpha value is -4.32. The van der Waals surface area contributed by atoms with Crippen molar-refractivity contribution in [3.8, 4) is 21.8 Å². The van der Waals surface area contributed by atoms with Gasteiger partial charge in [0.1, 0.15) is 0 Å². The fraction of sp³-hybridized carbons (Fsp3) is 0.395. The number of nitrogens with zero attached hydrogens (tertiary/aromatic N) is 4. The summed E-state index contributed by atoms with van der Waals surface area (Å²) >= 11 is 8.89. The molecule has 2 aliphatic rings. The zero-order chi connectivity index (χ0) is 35.1. The quantitative estimate of drug-likeness (QED) is 0.124. The fourth-order valence-electron chi connectivity index (χ4n) is 7.48. The van der Waals surface area contributed by atoms with E-state index in [2.05, 4.69) is 4.98 Å². The summed E-state index contributed by atoms with van der Waals surface area (Å²) < 4.78 is 17.8. The van der Waals surface area contributed by atoms with Gasteiger partial charge in [-0.1, -0.05) is 43.0 Å². The lowest BCUT2D eigenvalue weighted by Gasteiger charge is -2.30. The summed E-state index contributed by atoms with van der Waals surface area (Å²) in [6.45, 7) is 5.59. The number of esters is 2. The van der Waals surface area contributed by atoms with Crippen molar-refractivity contribution in [2.75, 3.05) is 40.5 Å².